The highest BCUT2D eigenvalue weighted by molar-refractivity contribution is 5.87. The van der Waals surface area contributed by atoms with Gasteiger partial charge in [0, 0.05) is 13.2 Å². The smallest absolute Gasteiger partial charge is 0.230 e. The van der Waals surface area contributed by atoms with Crippen molar-refractivity contribution in [2.45, 2.75) is 25.7 Å². The van der Waals surface area contributed by atoms with Crippen LogP contribution in [-0.4, -0.2) is 24.2 Å². The van der Waals surface area contributed by atoms with Gasteiger partial charge in [-0.3, -0.25) is 4.79 Å². The highest BCUT2D eigenvalue weighted by atomic mass is 19.1. The third-order valence-corrected chi connectivity index (χ3v) is 2.75. The molecule has 1 rings (SSSR count). The summed E-state index contributed by atoms with van der Waals surface area (Å²) in [5, 5.41) is 11.4. The van der Waals surface area contributed by atoms with Crippen molar-refractivity contribution in [1.29, 1.82) is 0 Å². The van der Waals surface area contributed by atoms with E-state index in [0.29, 0.717) is 13.0 Å². The van der Waals surface area contributed by atoms with Gasteiger partial charge in [-0.1, -0.05) is 12.1 Å². The monoisotopic (exact) mass is 239 g/mol. The van der Waals surface area contributed by atoms with Crippen molar-refractivity contribution in [1.82, 2.24) is 5.32 Å². The fraction of sp³-hybridized carbons (Fsp3) is 0.462. The summed E-state index contributed by atoms with van der Waals surface area (Å²) in [5.74, 6) is -0.442. The first-order chi connectivity index (χ1) is 7.98. The Morgan fingerprint density at radius 3 is 2.47 bits per heavy atom. The molecule has 17 heavy (non-hydrogen) atoms. The number of aliphatic hydroxyl groups excluding tert-OH is 1. The summed E-state index contributed by atoms with van der Waals surface area (Å²) in [7, 11) is 0. The van der Waals surface area contributed by atoms with Crippen LogP contribution < -0.4 is 5.32 Å². The second-order valence-corrected chi connectivity index (χ2v) is 4.46. The van der Waals surface area contributed by atoms with E-state index in [9.17, 15) is 9.18 Å². The zero-order chi connectivity index (χ0) is 12.9. The highest BCUT2D eigenvalue weighted by Crippen LogP contribution is 2.23. The van der Waals surface area contributed by atoms with E-state index in [2.05, 4.69) is 5.32 Å². The molecule has 4 heteroatoms. The van der Waals surface area contributed by atoms with E-state index in [0.717, 1.165) is 5.56 Å². The van der Waals surface area contributed by atoms with Crippen LogP contribution >= 0.6 is 0 Å². The minimum atomic E-state index is -0.705. The molecule has 3 nitrogen and oxygen atoms in total. The maximum absolute atomic E-state index is 12.8. The van der Waals surface area contributed by atoms with Gasteiger partial charge in [-0.25, -0.2) is 4.39 Å². The molecule has 0 aromatic heterocycles. The lowest BCUT2D eigenvalue weighted by Gasteiger charge is -2.24. The molecule has 0 fully saturated rings. The van der Waals surface area contributed by atoms with Crippen LogP contribution in [0.2, 0.25) is 0 Å². The van der Waals surface area contributed by atoms with Crippen molar-refractivity contribution in [2.24, 2.45) is 0 Å². The molecule has 0 saturated carbocycles. The van der Waals surface area contributed by atoms with Crippen molar-refractivity contribution >= 4 is 5.91 Å². The lowest BCUT2D eigenvalue weighted by molar-refractivity contribution is -0.125. The summed E-state index contributed by atoms with van der Waals surface area (Å²) in [6, 6.07) is 5.91. The SMILES string of the molecule is CC(C)(C(=O)NCCCO)c1ccc(F)cc1. The molecule has 1 aromatic carbocycles. The van der Waals surface area contributed by atoms with Crippen LogP contribution in [0.15, 0.2) is 24.3 Å². The van der Waals surface area contributed by atoms with E-state index in [1.165, 1.54) is 12.1 Å². The third kappa shape index (κ3) is 3.53. The summed E-state index contributed by atoms with van der Waals surface area (Å²) in [6.45, 7) is 4.07. The predicted molar refractivity (Wildman–Crippen MR) is 64.1 cm³/mol. The normalized spacial score (nSPS) is 11.3. The number of hydrogen-bond acceptors (Lipinski definition) is 2. The molecule has 1 amide bonds. The molecular formula is C13H18FNO2. The van der Waals surface area contributed by atoms with Gasteiger partial charge in [0.25, 0.3) is 0 Å². The second kappa shape index (κ2) is 5.77. The molecule has 0 aliphatic heterocycles. The largest absolute Gasteiger partial charge is 0.396 e. The topological polar surface area (TPSA) is 49.3 Å². The van der Waals surface area contributed by atoms with Gasteiger partial charge in [-0.15, -0.1) is 0 Å². The molecule has 0 bridgehead atoms. The number of halogens is 1. The number of aliphatic hydroxyl groups is 1. The Balaban J connectivity index is 2.72. The van der Waals surface area contributed by atoms with Crippen LogP contribution in [-0.2, 0) is 10.2 Å². The van der Waals surface area contributed by atoms with E-state index in [1.807, 2.05) is 0 Å². The van der Waals surface area contributed by atoms with Crippen molar-refractivity contribution in [2.75, 3.05) is 13.2 Å². The fourth-order valence-electron chi connectivity index (χ4n) is 1.50. The van der Waals surface area contributed by atoms with Gasteiger partial charge < -0.3 is 10.4 Å². The highest BCUT2D eigenvalue weighted by Gasteiger charge is 2.29. The van der Waals surface area contributed by atoms with E-state index in [-0.39, 0.29) is 18.3 Å². The summed E-state index contributed by atoms with van der Waals surface area (Å²) in [5.41, 5.74) is 0.0591. The number of benzene rings is 1. The van der Waals surface area contributed by atoms with Crippen LogP contribution in [0.3, 0.4) is 0 Å². The molecule has 0 atom stereocenters. The van der Waals surface area contributed by atoms with Crippen LogP contribution in [0, 0.1) is 5.82 Å². The van der Waals surface area contributed by atoms with Gasteiger partial charge in [0.05, 0.1) is 5.41 Å². The maximum atomic E-state index is 12.8. The molecule has 0 aliphatic carbocycles. The van der Waals surface area contributed by atoms with Crippen molar-refractivity contribution in [3.63, 3.8) is 0 Å². The minimum absolute atomic E-state index is 0.0528. The van der Waals surface area contributed by atoms with Crippen LogP contribution in [0.25, 0.3) is 0 Å². The van der Waals surface area contributed by atoms with Crippen molar-refractivity contribution in [3.05, 3.63) is 35.6 Å². The van der Waals surface area contributed by atoms with Crippen molar-refractivity contribution < 1.29 is 14.3 Å². The average Bonchev–Trinajstić information content (AvgIpc) is 2.29. The molecule has 94 valence electrons. The predicted octanol–water partition coefficient (Wildman–Crippen LogP) is 1.60. The Morgan fingerprint density at radius 1 is 1.35 bits per heavy atom. The number of nitrogens with one attached hydrogen (secondary N) is 1. The quantitative estimate of drug-likeness (QED) is 0.767. The number of carbonyl (C=O) groups is 1. The van der Waals surface area contributed by atoms with Gasteiger partial charge >= 0.3 is 0 Å². The third-order valence-electron chi connectivity index (χ3n) is 2.75. The molecule has 0 aliphatic rings. The molecule has 0 unspecified atom stereocenters. The van der Waals surface area contributed by atoms with E-state index in [4.69, 9.17) is 5.11 Å². The first kappa shape index (κ1) is 13.6. The zero-order valence-corrected chi connectivity index (χ0v) is 10.2. The van der Waals surface area contributed by atoms with Crippen LogP contribution in [0.5, 0.6) is 0 Å². The van der Waals surface area contributed by atoms with Gasteiger partial charge in [0.2, 0.25) is 5.91 Å². The van der Waals surface area contributed by atoms with Crippen molar-refractivity contribution in [3.8, 4) is 0 Å². The Hall–Kier alpha value is -1.42. The van der Waals surface area contributed by atoms with Gasteiger partial charge in [-0.05, 0) is 38.0 Å². The molecule has 0 saturated heterocycles. The minimum Gasteiger partial charge on any atom is -0.396 e. The van der Waals surface area contributed by atoms with Crippen LogP contribution in [0.4, 0.5) is 4.39 Å². The van der Waals surface area contributed by atoms with Crippen LogP contribution in [0.1, 0.15) is 25.8 Å². The number of rotatable bonds is 5. The molecule has 0 radical (unpaired) electrons. The number of carbonyl (C=O) groups excluding carboxylic acids is 1. The Morgan fingerprint density at radius 2 is 1.94 bits per heavy atom. The van der Waals surface area contributed by atoms with Gasteiger partial charge in [-0.2, -0.15) is 0 Å². The summed E-state index contributed by atoms with van der Waals surface area (Å²) >= 11 is 0. The second-order valence-electron chi connectivity index (χ2n) is 4.46. The lowest BCUT2D eigenvalue weighted by atomic mass is 9.83. The average molecular weight is 239 g/mol. The van der Waals surface area contributed by atoms with E-state index < -0.39 is 5.41 Å². The molecule has 1 aromatic rings. The number of hydrogen-bond donors (Lipinski definition) is 2. The summed E-state index contributed by atoms with van der Waals surface area (Å²) < 4.78 is 12.8. The Bertz CT molecular complexity index is 374. The standard InChI is InChI=1S/C13H18FNO2/c1-13(2,12(17)15-8-3-9-16)10-4-6-11(14)7-5-10/h4-7,16H,3,8-9H2,1-2H3,(H,15,17). The number of amides is 1. The van der Waals surface area contributed by atoms with E-state index in [1.54, 1.807) is 26.0 Å². The zero-order valence-electron chi connectivity index (χ0n) is 10.2. The lowest BCUT2D eigenvalue weighted by Crippen LogP contribution is -2.40. The van der Waals surface area contributed by atoms with Gasteiger partial charge in [0.1, 0.15) is 5.82 Å². The molecule has 0 spiro atoms. The summed E-state index contributed by atoms with van der Waals surface area (Å²) in [4.78, 5) is 11.9. The molecule has 0 heterocycles. The first-order valence-electron chi connectivity index (χ1n) is 5.63. The Labute approximate surface area is 101 Å². The summed E-state index contributed by atoms with van der Waals surface area (Å²) in [6.07, 6.45) is 0.533. The first-order valence-corrected chi connectivity index (χ1v) is 5.63. The Kier molecular flexibility index (Phi) is 4.63. The molecular weight excluding hydrogens is 221 g/mol. The van der Waals surface area contributed by atoms with Gasteiger partial charge in [0.15, 0.2) is 0 Å². The van der Waals surface area contributed by atoms with E-state index >= 15 is 0 Å². The fourth-order valence-corrected chi connectivity index (χ4v) is 1.50. The maximum Gasteiger partial charge on any atom is 0.230 e. The molecule has 2 N–H and O–H groups in total.